The van der Waals surface area contributed by atoms with Crippen LogP contribution in [0.15, 0.2) is 18.2 Å². The van der Waals surface area contributed by atoms with E-state index in [1.807, 2.05) is 23.1 Å². The van der Waals surface area contributed by atoms with E-state index in [1.54, 1.807) is 0 Å². The highest BCUT2D eigenvalue weighted by Crippen LogP contribution is 2.23. The summed E-state index contributed by atoms with van der Waals surface area (Å²) < 4.78 is 0. The fraction of sp³-hybridized carbons (Fsp3) is 0.600. The predicted octanol–water partition coefficient (Wildman–Crippen LogP) is 2.67. The van der Waals surface area contributed by atoms with Gasteiger partial charge in [0.25, 0.3) is 5.91 Å². The first-order valence-electron chi connectivity index (χ1n) is 7.36. The van der Waals surface area contributed by atoms with Crippen LogP contribution in [0.5, 0.6) is 0 Å². The van der Waals surface area contributed by atoms with Crippen LogP contribution in [-0.2, 0) is 0 Å². The quantitative estimate of drug-likeness (QED) is 0.907. The Kier molecular flexibility index (Phi) is 3.67. The van der Waals surface area contributed by atoms with E-state index in [0.29, 0.717) is 11.7 Å². The van der Waals surface area contributed by atoms with Crippen LogP contribution in [-0.4, -0.2) is 34.9 Å². The summed E-state index contributed by atoms with van der Waals surface area (Å²) >= 11 is 0. The van der Waals surface area contributed by atoms with Gasteiger partial charge in [-0.15, -0.1) is 0 Å². The maximum absolute atomic E-state index is 12.4. The van der Waals surface area contributed by atoms with Crippen molar-refractivity contribution in [2.24, 2.45) is 0 Å². The van der Waals surface area contributed by atoms with Crippen LogP contribution in [0.2, 0.25) is 0 Å². The minimum Gasteiger partial charge on any atom is -0.367 e. The zero-order chi connectivity index (χ0) is 13.1. The summed E-state index contributed by atoms with van der Waals surface area (Å²) in [4.78, 5) is 18.9. The van der Waals surface area contributed by atoms with Gasteiger partial charge in [0.05, 0.1) is 0 Å². The number of aromatic nitrogens is 1. The van der Waals surface area contributed by atoms with Gasteiger partial charge in [0.1, 0.15) is 11.5 Å². The molecule has 102 valence electrons. The zero-order valence-corrected chi connectivity index (χ0v) is 11.3. The number of hydrogen-bond donors (Lipinski definition) is 1. The summed E-state index contributed by atoms with van der Waals surface area (Å²) in [5, 5.41) is 3.34. The number of likely N-dealkylation sites (tertiary alicyclic amines) is 1. The van der Waals surface area contributed by atoms with Crippen molar-refractivity contribution in [1.82, 2.24) is 9.88 Å². The molecule has 0 atom stereocenters. The van der Waals surface area contributed by atoms with Gasteiger partial charge in [0, 0.05) is 19.1 Å². The monoisotopic (exact) mass is 259 g/mol. The Bertz CT molecular complexity index is 448. The van der Waals surface area contributed by atoms with Crippen LogP contribution in [0.4, 0.5) is 5.82 Å². The van der Waals surface area contributed by atoms with E-state index < -0.39 is 0 Å². The molecule has 1 saturated carbocycles. The molecule has 0 unspecified atom stereocenters. The smallest absolute Gasteiger partial charge is 0.272 e. The lowest BCUT2D eigenvalue weighted by Crippen LogP contribution is -2.32. The number of nitrogens with zero attached hydrogens (tertiary/aromatic N) is 2. The van der Waals surface area contributed by atoms with Crippen LogP contribution in [0.1, 0.15) is 49.0 Å². The molecule has 1 N–H and O–H groups in total. The van der Waals surface area contributed by atoms with Crippen LogP contribution < -0.4 is 5.32 Å². The number of amides is 1. The van der Waals surface area contributed by atoms with E-state index in [9.17, 15) is 4.79 Å². The fourth-order valence-electron chi connectivity index (χ4n) is 2.51. The third-order valence-corrected chi connectivity index (χ3v) is 3.79. The molecule has 1 aromatic rings. The summed E-state index contributed by atoms with van der Waals surface area (Å²) in [5.41, 5.74) is 0.576. The Labute approximate surface area is 114 Å². The molecule has 3 rings (SSSR count). The van der Waals surface area contributed by atoms with E-state index >= 15 is 0 Å². The molecule has 0 radical (unpaired) electrons. The van der Waals surface area contributed by atoms with Crippen molar-refractivity contribution in [3.05, 3.63) is 23.9 Å². The standard InChI is InChI=1S/C15H21N3O/c19-15(18-10-3-1-2-4-11-18)13-6-5-7-14(17-13)16-12-8-9-12/h5-7,12H,1-4,8-11H2,(H,16,17). The molecule has 4 heteroatoms. The van der Waals surface area contributed by atoms with Gasteiger partial charge < -0.3 is 10.2 Å². The van der Waals surface area contributed by atoms with Gasteiger partial charge in [-0.05, 0) is 37.8 Å². The second-order valence-electron chi connectivity index (χ2n) is 5.53. The van der Waals surface area contributed by atoms with E-state index in [4.69, 9.17) is 0 Å². The van der Waals surface area contributed by atoms with Crippen LogP contribution in [0.25, 0.3) is 0 Å². The molecule has 1 saturated heterocycles. The third-order valence-electron chi connectivity index (χ3n) is 3.79. The molecule has 0 spiro atoms. The summed E-state index contributed by atoms with van der Waals surface area (Å²) in [6, 6.07) is 6.25. The minimum absolute atomic E-state index is 0.0846. The first kappa shape index (κ1) is 12.5. The van der Waals surface area contributed by atoms with Gasteiger partial charge in [-0.1, -0.05) is 18.9 Å². The first-order valence-corrected chi connectivity index (χ1v) is 7.36. The summed E-state index contributed by atoms with van der Waals surface area (Å²) in [6.07, 6.45) is 7.14. The van der Waals surface area contributed by atoms with Crippen molar-refractivity contribution in [2.45, 2.75) is 44.6 Å². The Morgan fingerprint density at radius 2 is 1.89 bits per heavy atom. The summed E-state index contributed by atoms with van der Waals surface area (Å²) in [5.74, 6) is 0.921. The van der Waals surface area contributed by atoms with Crippen molar-refractivity contribution in [3.63, 3.8) is 0 Å². The number of carbonyl (C=O) groups is 1. The molecular formula is C15H21N3O. The Morgan fingerprint density at radius 1 is 1.16 bits per heavy atom. The van der Waals surface area contributed by atoms with Crippen LogP contribution in [0.3, 0.4) is 0 Å². The van der Waals surface area contributed by atoms with Gasteiger partial charge in [-0.25, -0.2) is 4.98 Å². The molecule has 2 fully saturated rings. The van der Waals surface area contributed by atoms with Crippen LogP contribution in [0, 0.1) is 0 Å². The van der Waals surface area contributed by atoms with E-state index in [1.165, 1.54) is 25.7 Å². The topological polar surface area (TPSA) is 45.2 Å². The van der Waals surface area contributed by atoms with Gasteiger partial charge in [-0.2, -0.15) is 0 Å². The van der Waals surface area contributed by atoms with Gasteiger partial charge >= 0.3 is 0 Å². The number of rotatable bonds is 3. The number of pyridine rings is 1. The normalized spacial score (nSPS) is 19.9. The zero-order valence-electron chi connectivity index (χ0n) is 11.3. The summed E-state index contributed by atoms with van der Waals surface area (Å²) in [7, 11) is 0. The Hall–Kier alpha value is -1.58. The average Bonchev–Trinajstić information content (AvgIpc) is 3.24. The molecule has 0 aromatic carbocycles. The molecule has 4 nitrogen and oxygen atoms in total. The predicted molar refractivity (Wildman–Crippen MR) is 75.3 cm³/mol. The van der Waals surface area contributed by atoms with Gasteiger partial charge in [0.2, 0.25) is 0 Å². The van der Waals surface area contributed by atoms with E-state index in [2.05, 4.69) is 10.3 Å². The molecule has 0 bridgehead atoms. The number of carbonyl (C=O) groups excluding carboxylic acids is 1. The van der Waals surface area contributed by atoms with Crippen molar-refractivity contribution in [3.8, 4) is 0 Å². The minimum atomic E-state index is 0.0846. The highest BCUT2D eigenvalue weighted by molar-refractivity contribution is 5.92. The average molecular weight is 259 g/mol. The van der Waals surface area contributed by atoms with Gasteiger partial charge in [0.15, 0.2) is 0 Å². The molecule has 1 aliphatic carbocycles. The molecule has 1 aliphatic heterocycles. The highest BCUT2D eigenvalue weighted by atomic mass is 16.2. The van der Waals surface area contributed by atoms with E-state index in [0.717, 1.165) is 31.7 Å². The third kappa shape index (κ3) is 3.25. The number of anilines is 1. The van der Waals surface area contributed by atoms with Crippen molar-refractivity contribution in [2.75, 3.05) is 18.4 Å². The fourth-order valence-corrected chi connectivity index (χ4v) is 2.51. The van der Waals surface area contributed by atoms with Crippen LogP contribution >= 0.6 is 0 Å². The maximum atomic E-state index is 12.4. The lowest BCUT2D eigenvalue weighted by atomic mass is 10.2. The molecule has 19 heavy (non-hydrogen) atoms. The highest BCUT2D eigenvalue weighted by Gasteiger charge is 2.22. The molecule has 1 aromatic heterocycles. The SMILES string of the molecule is O=C(c1cccc(NC2CC2)n1)N1CCCCCC1. The largest absolute Gasteiger partial charge is 0.367 e. The van der Waals surface area contributed by atoms with Crippen molar-refractivity contribution in [1.29, 1.82) is 0 Å². The Morgan fingerprint density at radius 3 is 2.58 bits per heavy atom. The maximum Gasteiger partial charge on any atom is 0.272 e. The summed E-state index contributed by atoms with van der Waals surface area (Å²) in [6.45, 7) is 1.75. The lowest BCUT2D eigenvalue weighted by Gasteiger charge is -2.20. The second-order valence-corrected chi connectivity index (χ2v) is 5.53. The lowest BCUT2D eigenvalue weighted by molar-refractivity contribution is 0.0756. The van der Waals surface area contributed by atoms with Crippen molar-refractivity contribution < 1.29 is 4.79 Å². The van der Waals surface area contributed by atoms with E-state index in [-0.39, 0.29) is 5.91 Å². The molecular weight excluding hydrogens is 238 g/mol. The molecule has 2 aliphatic rings. The molecule has 1 amide bonds. The number of nitrogens with one attached hydrogen (secondary N) is 1. The number of hydrogen-bond acceptors (Lipinski definition) is 3. The molecule has 2 heterocycles. The Balaban J connectivity index is 1.70. The first-order chi connectivity index (χ1) is 9.33. The second kappa shape index (κ2) is 5.59. The van der Waals surface area contributed by atoms with Crippen molar-refractivity contribution >= 4 is 11.7 Å². The van der Waals surface area contributed by atoms with Gasteiger partial charge in [-0.3, -0.25) is 4.79 Å².